The van der Waals surface area contributed by atoms with E-state index < -0.39 is 6.17 Å². The van der Waals surface area contributed by atoms with Crippen LogP contribution in [0.4, 0.5) is 4.39 Å². The maximum atomic E-state index is 13.8. The number of nitrogens with one attached hydrogen (secondary N) is 1. The molecule has 0 aromatic heterocycles. The molecule has 2 rings (SSSR count). The molecule has 0 aromatic carbocycles. The third kappa shape index (κ3) is 3.29. The maximum Gasteiger partial charge on any atom is 0.138 e. The van der Waals surface area contributed by atoms with Crippen molar-refractivity contribution in [1.29, 1.82) is 0 Å². The number of alkyl halides is 2. The molecule has 2 nitrogen and oxygen atoms in total. The van der Waals surface area contributed by atoms with E-state index in [9.17, 15) is 4.39 Å². The van der Waals surface area contributed by atoms with Crippen LogP contribution in [0.15, 0.2) is 0 Å². The molecule has 1 saturated heterocycles. The molecule has 0 radical (unpaired) electrons. The molecule has 4 heteroatoms. The van der Waals surface area contributed by atoms with Crippen LogP contribution in [0.3, 0.4) is 0 Å². The predicted octanol–water partition coefficient (Wildman–Crippen LogP) is 1.28. The van der Waals surface area contributed by atoms with Crippen LogP contribution in [-0.2, 0) is 0 Å². The van der Waals surface area contributed by atoms with Crippen molar-refractivity contribution in [2.75, 3.05) is 13.1 Å². The molecule has 0 bridgehead atoms. The highest BCUT2D eigenvalue weighted by Gasteiger charge is 2.33. The van der Waals surface area contributed by atoms with Gasteiger partial charge in [-0.15, -0.1) is 0 Å². The number of rotatable bonds is 2. The van der Waals surface area contributed by atoms with E-state index in [2.05, 4.69) is 22.6 Å². The second-order valence-electron chi connectivity index (χ2n) is 5.41. The first-order chi connectivity index (χ1) is 7.66. The number of halogens is 2. The lowest BCUT2D eigenvalue weighted by molar-refractivity contribution is -0.932. The number of hydrogen-bond donors (Lipinski definition) is 2. The molecule has 3 N–H and O–H groups in total. The molecule has 5 atom stereocenters. The average molecular weight is 341 g/mol. The molecule has 16 heavy (non-hydrogen) atoms. The Balaban J connectivity index is 1.86. The van der Waals surface area contributed by atoms with Gasteiger partial charge in [0.15, 0.2) is 0 Å². The molecular weight excluding hydrogens is 318 g/mol. The third-order valence-electron chi connectivity index (χ3n) is 4.14. The van der Waals surface area contributed by atoms with Crippen molar-refractivity contribution in [1.82, 2.24) is 0 Å². The van der Waals surface area contributed by atoms with E-state index >= 15 is 0 Å². The highest BCUT2D eigenvalue weighted by molar-refractivity contribution is 14.1. The fourth-order valence-electron chi connectivity index (χ4n) is 3.07. The summed E-state index contributed by atoms with van der Waals surface area (Å²) in [5.41, 5.74) is 6.14. The second-order valence-corrected chi connectivity index (χ2v) is 7.17. The van der Waals surface area contributed by atoms with Crippen LogP contribution in [0.1, 0.15) is 38.5 Å². The lowest BCUT2D eigenvalue weighted by atomic mass is 9.86. The molecule has 1 saturated carbocycles. The molecule has 2 aliphatic rings. The van der Waals surface area contributed by atoms with Crippen molar-refractivity contribution >= 4 is 22.6 Å². The molecule has 0 spiro atoms. The summed E-state index contributed by atoms with van der Waals surface area (Å²) in [6.45, 7) is 2.09. The molecule has 1 aliphatic carbocycles. The molecule has 1 heterocycles. The summed E-state index contributed by atoms with van der Waals surface area (Å²) in [5, 5.41) is 0. The van der Waals surface area contributed by atoms with Crippen LogP contribution in [0.2, 0.25) is 0 Å². The summed E-state index contributed by atoms with van der Waals surface area (Å²) in [5.74, 6) is 0.275. The molecular formula is C12H23FIN2+. The Labute approximate surface area is 111 Å². The van der Waals surface area contributed by atoms with Crippen molar-refractivity contribution in [3.8, 4) is 0 Å². The van der Waals surface area contributed by atoms with Gasteiger partial charge in [0, 0.05) is 12.3 Å². The second kappa shape index (κ2) is 5.96. The standard InChI is InChI=1S/C12H22FIN2/c13-11-4-2-1-3-9(11)7-16-8-10(14)5-6-12(16)15/h9-12H,1-8,15H2/p+1. The number of nitrogens with two attached hydrogens (primary N) is 1. The number of quaternary nitrogens is 1. The van der Waals surface area contributed by atoms with Gasteiger partial charge in [-0.1, -0.05) is 35.4 Å². The Bertz CT molecular complexity index is 227. The van der Waals surface area contributed by atoms with Gasteiger partial charge in [-0.3, -0.25) is 5.73 Å². The number of hydrogen-bond acceptors (Lipinski definition) is 1. The summed E-state index contributed by atoms with van der Waals surface area (Å²) in [6.07, 6.45) is 6.16. The highest BCUT2D eigenvalue weighted by Crippen LogP contribution is 2.26. The SMILES string of the molecule is NC1CCC(I)C[NH+]1CC1CCCCC1F. The van der Waals surface area contributed by atoms with Crippen LogP contribution < -0.4 is 10.6 Å². The van der Waals surface area contributed by atoms with E-state index in [0.717, 1.165) is 42.7 Å². The minimum Gasteiger partial charge on any atom is -0.319 e. The largest absolute Gasteiger partial charge is 0.319 e. The van der Waals surface area contributed by atoms with E-state index in [1.807, 2.05) is 0 Å². The van der Waals surface area contributed by atoms with Gasteiger partial charge in [0.1, 0.15) is 12.3 Å². The smallest absolute Gasteiger partial charge is 0.138 e. The van der Waals surface area contributed by atoms with E-state index in [4.69, 9.17) is 5.73 Å². The van der Waals surface area contributed by atoms with E-state index in [-0.39, 0.29) is 12.1 Å². The Hall–Kier alpha value is 0.580. The fraction of sp³-hybridized carbons (Fsp3) is 1.00. The highest BCUT2D eigenvalue weighted by atomic mass is 127. The van der Waals surface area contributed by atoms with Crippen LogP contribution in [0, 0.1) is 5.92 Å². The number of likely N-dealkylation sites (tertiary alicyclic amines) is 1. The van der Waals surface area contributed by atoms with Gasteiger partial charge in [-0.25, -0.2) is 4.39 Å². The van der Waals surface area contributed by atoms with Crippen molar-refractivity contribution in [3.63, 3.8) is 0 Å². The Kier molecular flexibility index (Phi) is 4.85. The molecule has 0 aromatic rings. The topological polar surface area (TPSA) is 30.5 Å². The first-order valence-corrected chi connectivity index (χ1v) is 7.79. The molecule has 5 unspecified atom stereocenters. The van der Waals surface area contributed by atoms with Crippen LogP contribution >= 0.6 is 22.6 Å². The van der Waals surface area contributed by atoms with Crippen LogP contribution in [-0.4, -0.2) is 29.4 Å². The number of piperidine rings is 1. The van der Waals surface area contributed by atoms with Gasteiger partial charge in [0.05, 0.1) is 17.0 Å². The van der Waals surface area contributed by atoms with Crippen molar-refractivity contribution < 1.29 is 9.29 Å². The summed E-state index contributed by atoms with van der Waals surface area (Å²) in [7, 11) is 0. The maximum absolute atomic E-state index is 13.8. The molecule has 94 valence electrons. The lowest BCUT2D eigenvalue weighted by Crippen LogP contribution is -3.19. The summed E-state index contributed by atoms with van der Waals surface area (Å²) < 4.78 is 14.5. The summed E-state index contributed by atoms with van der Waals surface area (Å²) in [6, 6.07) is 0. The minimum atomic E-state index is -0.567. The lowest BCUT2D eigenvalue weighted by Gasteiger charge is -2.36. The van der Waals surface area contributed by atoms with E-state index in [0.29, 0.717) is 0 Å². The Morgan fingerprint density at radius 2 is 1.94 bits per heavy atom. The van der Waals surface area contributed by atoms with E-state index in [1.165, 1.54) is 17.7 Å². The van der Waals surface area contributed by atoms with Crippen LogP contribution in [0.25, 0.3) is 0 Å². The molecule has 2 fully saturated rings. The summed E-state index contributed by atoms with van der Waals surface area (Å²) in [4.78, 5) is 1.44. The zero-order valence-electron chi connectivity index (χ0n) is 9.80. The van der Waals surface area contributed by atoms with Crippen LogP contribution in [0.5, 0.6) is 0 Å². The van der Waals surface area contributed by atoms with Crippen molar-refractivity contribution in [2.45, 2.75) is 54.8 Å². The normalized spacial score (nSPS) is 45.6. The van der Waals surface area contributed by atoms with E-state index in [1.54, 1.807) is 0 Å². The van der Waals surface area contributed by atoms with Crippen molar-refractivity contribution in [3.05, 3.63) is 0 Å². The monoisotopic (exact) mass is 341 g/mol. The summed E-state index contributed by atoms with van der Waals surface area (Å²) >= 11 is 2.51. The first kappa shape index (κ1) is 13.0. The molecule has 1 aliphatic heterocycles. The predicted molar refractivity (Wildman–Crippen MR) is 72.6 cm³/mol. The minimum absolute atomic E-state index is 0.250. The average Bonchev–Trinajstić information content (AvgIpc) is 2.27. The van der Waals surface area contributed by atoms with Gasteiger partial charge in [0.25, 0.3) is 0 Å². The van der Waals surface area contributed by atoms with Gasteiger partial charge in [-0.2, -0.15) is 0 Å². The third-order valence-corrected chi connectivity index (χ3v) is 5.20. The zero-order valence-corrected chi connectivity index (χ0v) is 12.0. The van der Waals surface area contributed by atoms with Gasteiger partial charge >= 0.3 is 0 Å². The Morgan fingerprint density at radius 1 is 1.19 bits per heavy atom. The Morgan fingerprint density at radius 3 is 2.69 bits per heavy atom. The molecule has 0 amide bonds. The van der Waals surface area contributed by atoms with Gasteiger partial charge in [0.2, 0.25) is 0 Å². The fourth-order valence-corrected chi connectivity index (χ4v) is 3.99. The van der Waals surface area contributed by atoms with Gasteiger partial charge < -0.3 is 4.90 Å². The quantitative estimate of drug-likeness (QED) is 0.575. The first-order valence-electron chi connectivity index (χ1n) is 6.55. The zero-order chi connectivity index (χ0) is 11.5. The van der Waals surface area contributed by atoms with Gasteiger partial charge in [-0.05, 0) is 19.3 Å². The van der Waals surface area contributed by atoms with Crippen molar-refractivity contribution in [2.24, 2.45) is 11.7 Å².